The summed E-state index contributed by atoms with van der Waals surface area (Å²) in [6, 6.07) is 3.56. The highest BCUT2D eigenvalue weighted by Crippen LogP contribution is 2.32. The first kappa shape index (κ1) is 15.6. The lowest BCUT2D eigenvalue weighted by molar-refractivity contribution is -0.157. The van der Waals surface area contributed by atoms with Crippen LogP contribution in [-0.2, 0) is 22.5 Å². The highest BCUT2D eigenvalue weighted by atomic mass is 16.6. The molecule has 0 amide bonds. The van der Waals surface area contributed by atoms with Gasteiger partial charge in [-0.05, 0) is 50.5 Å². The fourth-order valence-electron chi connectivity index (χ4n) is 2.38. The second kappa shape index (κ2) is 5.93. The molecule has 0 saturated carbocycles. The van der Waals surface area contributed by atoms with Gasteiger partial charge in [-0.2, -0.15) is 0 Å². The normalized spacial score (nSPS) is 17.9. The summed E-state index contributed by atoms with van der Waals surface area (Å²) in [6.45, 7) is 6.22. The van der Waals surface area contributed by atoms with Crippen molar-refractivity contribution >= 4 is 5.97 Å². The third-order valence-corrected chi connectivity index (χ3v) is 3.36. The highest BCUT2D eigenvalue weighted by Gasteiger charge is 2.29. The molecule has 2 rings (SSSR count). The summed E-state index contributed by atoms with van der Waals surface area (Å²) in [4.78, 5) is 12.2. The van der Waals surface area contributed by atoms with Gasteiger partial charge in [0.2, 0.25) is 0 Å². The Morgan fingerprint density at radius 3 is 2.24 bits per heavy atom. The summed E-state index contributed by atoms with van der Waals surface area (Å²) in [6.07, 6.45) is 0.588. The predicted octanol–water partition coefficient (Wildman–Crippen LogP) is 2.06. The van der Waals surface area contributed by atoms with E-state index < -0.39 is 5.60 Å². The SMILES string of the molecule is COc1cc2c(cc1OC)CC(C(=O)OC(C)(C)C)NC2. The van der Waals surface area contributed by atoms with E-state index in [1.54, 1.807) is 14.2 Å². The van der Waals surface area contributed by atoms with Crippen LogP contribution in [0.3, 0.4) is 0 Å². The second-order valence-electron chi connectivity index (χ2n) is 6.15. The van der Waals surface area contributed by atoms with Crippen LogP contribution in [0.5, 0.6) is 11.5 Å². The molecule has 21 heavy (non-hydrogen) atoms. The highest BCUT2D eigenvalue weighted by molar-refractivity contribution is 5.77. The zero-order valence-corrected chi connectivity index (χ0v) is 13.3. The van der Waals surface area contributed by atoms with E-state index in [1.807, 2.05) is 32.9 Å². The van der Waals surface area contributed by atoms with Crippen LogP contribution in [0.1, 0.15) is 31.9 Å². The number of rotatable bonds is 3. The number of esters is 1. The van der Waals surface area contributed by atoms with Gasteiger partial charge in [0.25, 0.3) is 0 Å². The quantitative estimate of drug-likeness (QED) is 0.865. The molecule has 0 aromatic heterocycles. The van der Waals surface area contributed by atoms with Crippen LogP contribution in [0, 0.1) is 0 Å². The first-order valence-electron chi connectivity index (χ1n) is 7.04. The summed E-state index contributed by atoms with van der Waals surface area (Å²) < 4.78 is 16.1. The molecule has 1 unspecified atom stereocenters. The van der Waals surface area contributed by atoms with Crippen molar-refractivity contribution in [3.63, 3.8) is 0 Å². The predicted molar refractivity (Wildman–Crippen MR) is 79.7 cm³/mol. The number of carbonyl (C=O) groups is 1. The topological polar surface area (TPSA) is 56.8 Å². The lowest BCUT2D eigenvalue weighted by atomic mass is 9.95. The largest absolute Gasteiger partial charge is 0.493 e. The van der Waals surface area contributed by atoms with Crippen molar-refractivity contribution in [1.82, 2.24) is 5.32 Å². The summed E-state index contributed by atoms with van der Waals surface area (Å²) in [5.41, 5.74) is 1.73. The molecule has 1 heterocycles. The molecule has 1 aliphatic rings. The van der Waals surface area contributed by atoms with Gasteiger partial charge in [0.05, 0.1) is 14.2 Å². The Morgan fingerprint density at radius 1 is 1.14 bits per heavy atom. The van der Waals surface area contributed by atoms with E-state index in [-0.39, 0.29) is 12.0 Å². The molecule has 116 valence electrons. The molecular weight excluding hydrogens is 270 g/mol. The minimum Gasteiger partial charge on any atom is -0.493 e. The summed E-state index contributed by atoms with van der Waals surface area (Å²) in [7, 11) is 3.22. The first-order chi connectivity index (χ1) is 9.84. The molecule has 0 radical (unpaired) electrons. The van der Waals surface area contributed by atoms with Crippen molar-refractivity contribution in [3.8, 4) is 11.5 Å². The number of fused-ring (bicyclic) bond motifs is 1. The Labute approximate surface area is 125 Å². The second-order valence-corrected chi connectivity index (χ2v) is 6.15. The van der Waals surface area contributed by atoms with Crippen molar-refractivity contribution in [2.24, 2.45) is 0 Å². The van der Waals surface area contributed by atoms with Crippen LogP contribution in [0.15, 0.2) is 12.1 Å². The molecule has 1 aromatic rings. The van der Waals surface area contributed by atoms with Gasteiger partial charge >= 0.3 is 5.97 Å². The average Bonchev–Trinajstić information content (AvgIpc) is 2.43. The summed E-state index contributed by atoms with van der Waals surface area (Å²) in [5, 5.41) is 3.22. The molecule has 0 aliphatic carbocycles. The van der Waals surface area contributed by atoms with E-state index >= 15 is 0 Å². The lowest BCUT2D eigenvalue weighted by Gasteiger charge is -2.29. The van der Waals surface area contributed by atoms with Crippen LogP contribution in [0.4, 0.5) is 0 Å². The van der Waals surface area contributed by atoms with Crippen LogP contribution in [0.25, 0.3) is 0 Å². The molecule has 1 N–H and O–H groups in total. The molecule has 5 nitrogen and oxygen atoms in total. The fraction of sp³-hybridized carbons (Fsp3) is 0.562. The number of nitrogens with one attached hydrogen (secondary N) is 1. The first-order valence-corrected chi connectivity index (χ1v) is 7.04. The van der Waals surface area contributed by atoms with Crippen LogP contribution in [0.2, 0.25) is 0 Å². The molecule has 0 saturated heterocycles. The standard InChI is InChI=1S/C16H23NO4/c1-16(2,3)21-15(18)12-6-10-7-13(19-4)14(20-5)8-11(10)9-17-12/h7-8,12,17H,6,9H2,1-5H3. The minimum absolute atomic E-state index is 0.220. The van der Waals surface area contributed by atoms with Crippen LogP contribution < -0.4 is 14.8 Å². The van der Waals surface area contributed by atoms with E-state index in [9.17, 15) is 4.79 Å². The minimum atomic E-state index is -0.476. The molecule has 1 aromatic carbocycles. The van der Waals surface area contributed by atoms with Crippen LogP contribution in [-0.4, -0.2) is 31.8 Å². The summed E-state index contributed by atoms with van der Waals surface area (Å²) >= 11 is 0. The summed E-state index contributed by atoms with van der Waals surface area (Å²) in [5.74, 6) is 1.16. The zero-order chi connectivity index (χ0) is 15.6. The molecule has 1 atom stereocenters. The number of hydrogen-bond acceptors (Lipinski definition) is 5. The molecule has 5 heteroatoms. The van der Waals surface area contributed by atoms with Gasteiger partial charge in [-0.15, -0.1) is 0 Å². The fourth-order valence-corrected chi connectivity index (χ4v) is 2.38. The third-order valence-electron chi connectivity index (χ3n) is 3.36. The number of ether oxygens (including phenoxy) is 3. The average molecular weight is 293 g/mol. The van der Waals surface area contributed by atoms with E-state index in [0.29, 0.717) is 24.5 Å². The molecule has 0 bridgehead atoms. The van der Waals surface area contributed by atoms with Gasteiger partial charge in [0, 0.05) is 6.54 Å². The Bertz CT molecular complexity index is 534. The number of methoxy groups -OCH3 is 2. The van der Waals surface area contributed by atoms with Crippen molar-refractivity contribution in [3.05, 3.63) is 23.3 Å². The molecule has 1 aliphatic heterocycles. The van der Waals surface area contributed by atoms with Gasteiger partial charge in [0.15, 0.2) is 11.5 Å². The molecule has 0 spiro atoms. The maximum atomic E-state index is 12.2. The van der Waals surface area contributed by atoms with Crippen molar-refractivity contribution < 1.29 is 19.0 Å². The number of benzene rings is 1. The third kappa shape index (κ3) is 3.67. The number of hydrogen-bond donors (Lipinski definition) is 1. The van der Waals surface area contributed by atoms with Crippen LogP contribution >= 0.6 is 0 Å². The van der Waals surface area contributed by atoms with E-state index in [2.05, 4.69) is 5.32 Å². The monoisotopic (exact) mass is 293 g/mol. The maximum Gasteiger partial charge on any atom is 0.324 e. The van der Waals surface area contributed by atoms with E-state index in [0.717, 1.165) is 11.1 Å². The zero-order valence-electron chi connectivity index (χ0n) is 13.3. The molecular formula is C16H23NO4. The van der Waals surface area contributed by atoms with Gasteiger partial charge in [-0.3, -0.25) is 4.79 Å². The Hall–Kier alpha value is -1.75. The van der Waals surface area contributed by atoms with Crippen molar-refractivity contribution in [2.75, 3.05) is 14.2 Å². The Balaban J connectivity index is 2.18. The number of carbonyl (C=O) groups excluding carboxylic acids is 1. The van der Waals surface area contributed by atoms with Crippen molar-refractivity contribution in [1.29, 1.82) is 0 Å². The van der Waals surface area contributed by atoms with Gasteiger partial charge < -0.3 is 19.5 Å². The molecule has 0 fully saturated rings. The van der Waals surface area contributed by atoms with E-state index in [1.165, 1.54) is 0 Å². The van der Waals surface area contributed by atoms with E-state index in [4.69, 9.17) is 14.2 Å². The smallest absolute Gasteiger partial charge is 0.324 e. The van der Waals surface area contributed by atoms with Gasteiger partial charge in [-0.1, -0.05) is 0 Å². The van der Waals surface area contributed by atoms with Crippen molar-refractivity contribution in [2.45, 2.75) is 45.4 Å². The lowest BCUT2D eigenvalue weighted by Crippen LogP contribution is -2.45. The maximum absolute atomic E-state index is 12.2. The Kier molecular flexibility index (Phi) is 4.42. The van der Waals surface area contributed by atoms with Gasteiger partial charge in [0.1, 0.15) is 11.6 Å². The van der Waals surface area contributed by atoms with Gasteiger partial charge in [-0.25, -0.2) is 0 Å². The Morgan fingerprint density at radius 2 is 1.71 bits per heavy atom.